The molecular weight excluding hydrogens is 398 g/mol. The zero-order valence-corrected chi connectivity index (χ0v) is 16.9. The van der Waals surface area contributed by atoms with Crippen LogP contribution < -0.4 is 20.1 Å². The Hall–Kier alpha value is -3.91. The summed E-state index contributed by atoms with van der Waals surface area (Å²) >= 11 is 0. The SMILES string of the molecule is Cc1ccc(NC(=O)[C@H]([NH2+]Cc2ccc3c(c2)OCO3)c2ccccc2)c([N+](=O)[O-])c1. The summed E-state index contributed by atoms with van der Waals surface area (Å²) in [7, 11) is 0. The number of fused-ring (bicyclic) bond motifs is 1. The van der Waals surface area contributed by atoms with Crippen LogP contribution in [0, 0.1) is 17.0 Å². The van der Waals surface area contributed by atoms with Crippen LogP contribution in [0.3, 0.4) is 0 Å². The number of nitrogens with zero attached hydrogens (tertiary/aromatic N) is 1. The number of nitro benzene ring substituents is 1. The molecule has 4 rings (SSSR count). The molecule has 0 unspecified atom stereocenters. The van der Waals surface area contributed by atoms with Crippen molar-refractivity contribution >= 4 is 17.3 Å². The van der Waals surface area contributed by atoms with E-state index in [2.05, 4.69) is 5.32 Å². The number of aryl methyl sites for hydroxylation is 1. The number of anilines is 1. The lowest BCUT2D eigenvalue weighted by Gasteiger charge is -2.16. The van der Waals surface area contributed by atoms with Crippen molar-refractivity contribution in [3.8, 4) is 11.5 Å². The Balaban J connectivity index is 1.55. The number of nitrogens with one attached hydrogen (secondary N) is 1. The molecule has 0 spiro atoms. The van der Waals surface area contributed by atoms with E-state index in [4.69, 9.17) is 9.47 Å². The lowest BCUT2D eigenvalue weighted by molar-refractivity contribution is -0.697. The van der Waals surface area contributed by atoms with Gasteiger partial charge in [-0.25, -0.2) is 0 Å². The average Bonchev–Trinajstić information content (AvgIpc) is 3.23. The number of hydrogen-bond acceptors (Lipinski definition) is 5. The maximum Gasteiger partial charge on any atom is 0.293 e. The first-order valence-electron chi connectivity index (χ1n) is 9.84. The minimum Gasteiger partial charge on any atom is -0.454 e. The van der Waals surface area contributed by atoms with E-state index in [0.717, 1.165) is 16.7 Å². The van der Waals surface area contributed by atoms with E-state index in [0.29, 0.717) is 18.0 Å². The molecule has 0 radical (unpaired) electrons. The van der Waals surface area contributed by atoms with Gasteiger partial charge < -0.3 is 20.1 Å². The number of amides is 1. The van der Waals surface area contributed by atoms with Crippen molar-refractivity contribution in [2.45, 2.75) is 19.5 Å². The average molecular weight is 420 g/mol. The Kier molecular flexibility index (Phi) is 5.81. The third kappa shape index (κ3) is 4.65. The Bertz CT molecular complexity index is 1120. The Morgan fingerprint density at radius 1 is 1.10 bits per heavy atom. The summed E-state index contributed by atoms with van der Waals surface area (Å²) in [4.78, 5) is 24.1. The molecule has 0 aromatic heterocycles. The monoisotopic (exact) mass is 420 g/mol. The summed E-state index contributed by atoms with van der Waals surface area (Å²) in [5, 5.41) is 16.1. The van der Waals surface area contributed by atoms with Crippen molar-refractivity contribution in [2.75, 3.05) is 12.1 Å². The third-order valence-electron chi connectivity index (χ3n) is 5.08. The molecule has 1 aliphatic rings. The van der Waals surface area contributed by atoms with Crippen LogP contribution in [0.2, 0.25) is 0 Å². The lowest BCUT2D eigenvalue weighted by Crippen LogP contribution is -2.85. The largest absolute Gasteiger partial charge is 0.454 e. The van der Waals surface area contributed by atoms with Gasteiger partial charge in [0, 0.05) is 17.2 Å². The van der Waals surface area contributed by atoms with Gasteiger partial charge in [0.2, 0.25) is 6.79 Å². The zero-order valence-electron chi connectivity index (χ0n) is 16.9. The molecular formula is C23H22N3O5+. The summed E-state index contributed by atoms with van der Waals surface area (Å²) in [6.07, 6.45) is 0. The Morgan fingerprint density at radius 2 is 1.87 bits per heavy atom. The molecule has 3 aromatic rings. The van der Waals surface area contributed by atoms with E-state index < -0.39 is 11.0 Å². The molecule has 3 N–H and O–H groups in total. The Morgan fingerprint density at radius 3 is 2.65 bits per heavy atom. The Labute approximate surface area is 179 Å². The van der Waals surface area contributed by atoms with E-state index in [-0.39, 0.29) is 24.1 Å². The van der Waals surface area contributed by atoms with Crippen molar-refractivity contribution in [3.63, 3.8) is 0 Å². The van der Waals surface area contributed by atoms with Crippen LogP contribution in [-0.4, -0.2) is 17.6 Å². The van der Waals surface area contributed by atoms with Gasteiger partial charge in [0.1, 0.15) is 12.2 Å². The van der Waals surface area contributed by atoms with Gasteiger partial charge in [-0.3, -0.25) is 14.9 Å². The van der Waals surface area contributed by atoms with Gasteiger partial charge in [0.15, 0.2) is 17.5 Å². The summed E-state index contributed by atoms with van der Waals surface area (Å²) in [5.41, 5.74) is 2.57. The van der Waals surface area contributed by atoms with Gasteiger partial charge >= 0.3 is 0 Å². The fourth-order valence-electron chi connectivity index (χ4n) is 3.49. The topological polar surface area (TPSA) is 107 Å². The molecule has 0 bridgehead atoms. The zero-order chi connectivity index (χ0) is 21.8. The standard InChI is InChI=1S/C23H21N3O5/c1-15-7-9-18(19(11-15)26(28)29)25-23(27)22(17-5-3-2-4-6-17)24-13-16-8-10-20-21(12-16)31-14-30-20/h2-12,22,24H,13-14H2,1H3,(H,25,27)/p+1/t22-/m1/s1. The van der Waals surface area contributed by atoms with Crippen molar-refractivity contribution < 1.29 is 24.5 Å². The fourth-order valence-corrected chi connectivity index (χ4v) is 3.49. The molecule has 1 amide bonds. The second kappa shape index (κ2) is 8.85. The van der Waals surface area contributed by atoms with Crippen LogP contribution >= 0.6 is 0 Å². The minimum absolute atomic E-state index is 0.129. The quantitative estimate of drug-likeness (QED) is 0.451. The molecule has 0 saturated heterocycles. The molecule has 0 saturated carbocycles. The lowest BCUT2D eigenvalue weighted by atomic mass is 10.0. The normalized spacial score (nSPS) is 12.9. The predicted molar refractivity (Wildman–Crippen MR) is 114 cm³/mol. The maximum atomic E-state index is 13.2. The van der Waals surface area contributed by atoms with E-state index in [1.165, 1.54) is 6.07 Å². The highest BCUT2D eigenvalue weighted by atomic mass is 16.7. The van der Waals surface area contributed by atoms with Gasteiger partial charge in [-0.15, -0.1) is 0 Å². The van der Waals surface area contributed by atoms with Gasteiger partial charge in [-0.1, -0.05) is 36.4 Å². The van der Waals surface area contributed by atoms with Crippen LogP contribution in [0.4, 0.5) is 11.4 Å². The first kappa shape index (κ1) is 20.4. The molecule has 3 aromatic carbocycles. The van der Waals surface area contributed by atoms with Gasteiger partial charge in [0.25, 0.3) is 11.6 Å². The first-order chi connectivity index (χ1) is 15.0. The van der Waals surface area contributed by atoms with Crippen molar-refractivity contribution in [1.29, 1.82) is 0 Å². The van der Waals surface area contributed by atoms with Crippen LogP contribution in [-0.2, 0) is 11.3 Å². The fraction of sp³-hybridized carbons (Fsp3) is 0.174. The summed E-state index contributed by atoms with van der Waals surface area (Å²) in [6, 6.07) is 19.1. The van der Waals surface area contributed by atoms with Crippen LogP contribution in [0.5, 0.6) is 11.5 Å². The molecule has 1 aliphatic heterocycles. The molecule has 8 heteroatoms. The number of hydrogen-bond donors (Lipinski definition) is 2. The maximum absolute atomic E-state index is 13.2. The van der Waals surface area contributed by atoms with Crippen LogP contribution in [0.25, 0.3) is 0 Å². The number of carbonyl (C=O) groups excluding carboxylic acids is 1. The molecule has 1 heterocycles. The van der Waals surface area contributed by atoms with Gasteiger partial charge in [-0.05, 0) is 36.8 Å². The smallest absolute Gasteiger partial charge is 0.293 e. The summed E-state index contributed by atoms with van der Waals surface area (Å²) < 4.78 is 10.8. The highest BCUT2D eigenvalue weighted by Crippen LogP contribution is 2.32. The number of nitro groups is 1. The van der Waals surface area contributed by atoms with Crippen molar-refractivity contribution in [3.05, 3.63) is 93.5 Å². The molecule has 1 atom stereocenters. The predicted octanol–water partition coefficient (Wildman–Crippen LogP) is 3.08. The molecule has 0 fully saturated rings. The highest BCUT2D eigenvalue weighted by Gasteiger charge is 2.27. The highest BCUT2D eigenvalue weighted by molar-refractivity contribution is 5.96. The number of nitrogens with two attached hydrogens (primary N) is 1. The molecule has 8 nitrogen and oxygen atoms in total. The number of rotatable bonds is 7. The summed E-state index contributed by atoms with van der Waals surface area (Å²) in [5.74, 6) is 1.05. The minimum atomic E-state index is -0.590. The van der Waals surface area contributed by atoms with E-state index in [1.807, 2.05) is 53.8 Å². The second-order valence-electron chi connectivity index (χ2n) is 7.28. The van der Waals surface area contributed by atoms with Crippen LogP contribution in [0.1, 0.15) is 22.7 Å². The van der Waals surface area contributed by atoms with Crippen molar-refractivity contribution in [1.82, 2.24) is 0 Å². The van der Waals surface area contributed by atoms with Gasteiger partial charge in [0.05, 0.1) is 4.92 Å². The summed E-state index contributed by atoms with van der Waals surface area (Å²) in [6.45, 7) is 2.48. The second-order valence-corrected chi connectivity index (χ2v) is 7.28. The van der Waals surface area contributed by atoms with Gasteiger partial charge in [-0.2, -0.15) is 0 Å². The molecule has 31 heavy (non-hydrogen) atoms. The van der Waals surface area contributed by atoms with E-state index >= 15 is 0 Å². The van der Waals surface area contributed by atoms with Crippen LogP contribution in [0.15, 0.2) is 66.7 Å². The van der Waals surface area contributed by atoms with E-state index in [9.17, 15) is 14.9 Å². The molecule has 0 aliphatic carbocycles. The number of carbonyl (C=O) groups is 1. The van der Waals surface area contributed by atoms with Crippen molar-refractivity contribution in [2.24, 2.45) is 0 Å². The number of quaternary nitrogens is 1. The number of ether oxygens (including phenoxy) is 2. The first-order valence-corrected chi connectivity index (χ1v) is 9.84. The third-order valence-corrected chi connectivity index (χ3v) is 5.08. The molecule has 158 valence electrons. The van der Waals surface area contributed by atoms with E-state index in [1.54, 1.807) is 19.1 Å². The number of benzene rings is 3.